The molecular formula is C17H26O10S2. The molecule has 0 aromatic heterocycles. The van der Waals surface area contributed by atoms with Crippen molar-refractivity contribution in [2.45, 2.75) is 24.6 Å². The van der Waals surface area contributed by atoms with Gasteiger partial charge in [-0.3, -0.25) is 8.37 Å². The number of aliphatic hydroxyl groups excluding tert-OH is 1. The van der Waals surface area contributed by atoms with Crippen molar-refractivity contribution in [2.75, 3.05) is 39.4 Å². The summed E-state index contributed by atoms with van der Waals surface area (Å²) in [7, 11) is -6.43. The number of hydrogen-bond acceptors (Lipinski definition) is 10. The van der Waals surface area contributed by atoms with E-state index < -0.39 is 64.0 Å². The summed E-state index contributed by atoms with van der Waals surface area (Å²) in [5.74, 6) is -0.741. The largest absolute Gasteiger partial charge is 0.396 e. The highest BCUT2D eigenvalue weighted by molar-refractivity contribution is 7.86. The second kappa shape index (κ2) is 9.79. The van der Waals surface area contributed by atoms with Gasteiger partial charge in [-0.1, -0.05) is 30.3 Å². The molecule has 1 aromatic carbocycles. The Hall–Kier alpha value is -1.12. The Bertz CT molecular complexity index is 817. The van der Waals surface area contributed by atoms with Crippen LogP contribution in [-0.4, -0.2) is 79.4 Å². The fourth-order valence-electron chi connectivity index (χ4n) is 3.05. The first-order chi connectivity index (χ1) is 13.5. The highest BCUT2D eigenvalue weighted by Crippen LogP contribution is 2.39. The first-order valence-electron chi connectivity index (χ1n) is 8.65. The average Bonchev–Trinajstić information content (AvgIpc) is 2.96. The minimum Gasteiger partial charge on any atom is -0.396 e. The molecule has 1 aliphatic heterocycles. The summed E-state index contributed by atoms with van der Waals surface area (Å²) in [6.45, 7) is -1.49. The maximum Gasteiger partial charge on any atom is 0.264 e. The molecule has 12 heteroatoms. The second-order valence-electron chi connectivity index (χ2n) is 6.78. The third-order valence-corrected chi connectivity index (χ3v) is 5.45. The van der Waals surface area contributed by atoms with Gasteiger partial charge in [0.05, 0.1) is 31.6 Å². The van der Waals surface area contributed by atoms with E-state index in [1.54, 1.807) is 0 Å². The van der Waals surface area contributed by atoms with Crippen LogP contribution in [0.25, 0.3) is 0 Å². The first kappa shape index (κ1) is 24.2. The predicted molar refractivity (Wildman–Crippen MR) is 102 cm³/mol. The minimum absolute atomic E-state index is 0.0985. The molecule has 1 saturated heterocycles. The van der Waals surface area contributed by atoms with Crippen LogP contribution in [0.1, 0.15) is 5.56 Å². The Labute approximate surface area is 170 Å². The van der Waals surface area contributed by atoms with Gasteiger partial charge in [0.15, 0.2) is 6.29 Å². The monoisotopic (exact) mass is 454 g/mol. The van der Waals surface area contributed by atoms with Crippen LogP contribution in [-0.2, 0) is 49.4 Å². The second-order valence-corrected chi connectivity index (χ2v) is 10.1. The van der Waals surface area contributed by atoms with Gasteiger partial charge in [-0.15, -0.1) is 0 Å². The van der Waals surface area contributed by atoms with Crippen molar-refractivity contribution in [3.8, 4) is 0 Å². The molecule has 1 aliphatic rings. The highest BCUT2D eigenvalue weighted by atomic mass is 32.2. The van der Waals surface area contributed by atoms with Gasteiger partial charge >= 0.3 is 0 Å². The minimum atomic E-state index is -3.89. The smallest absolute Gasteiger partial charge is 0.264 e. The third-order valence-electron chi connectivity index (χ3n) is 4.36. The van der Waals surface area contributed by atoms with Gasteiger partial charge in [-0.25, -0.2) is 0 Å². The molecule has 0 saturated carbocycles. The molecule has 0 bridgehead atoms. The van der Waals surface area contributed by atoms with E-state index in [-0.39, 0.29) is 6.61 Å². The van der Waals surface area contributed by atoms with Gasteiger partial charge in [0.25, 0.3) is 20.2 Å². The Morgan fingerprint density at radius 2 is 1.59 bits per heavy atom. The van der Waals surface area contributed by atoms with E-state index in [1.165, 1.54) is 7.11 Å². The van der Waals surface area contributed by atoms with Crippen LogP contribution < -0.4 is 0 Å². The van der Waals surface area contributed by atoms with E-state index in [2.05, 4.69) is 0 Å². The van der Waals surface area contributed by atoms with Crippen molar-refractivity contribution in [1.82, 2.24) is 0 Å². The molecule has 0 spiro atoms. The highest BCUT2D eigenvalue weighted by Gasteiger charge is 2.57. The summed E-state index contributed by atoms with van der Waals surface area (Å²) < 4.78 is 73.1. The van der Waals surface area contributed by atoms with E-state index >= 15 is 0 Å². The fourth-order valence-corrected chi connectivity index (χ4v) is 3.87. The zero-order valence-electron chi connectivity index (χ0n) is 16.4. The summed E-state index contributed by atoms with van der Waals surface area (Å²) in [6.07, 6.45) is -0.276. The summed E-state index contributed by atoms with van der Waals surface area (Å²) in [4.78, 5) is 0. The number of ether oxygens (including phenoxy) is 3. The summed E-state index contributed by atoms with van der Waals surface area (Å²) in [5.41, 5.74) is -0.846. The lowest BCUT2D eigenvalue weighted by atomic mass is 9.91. The molecule has 29 heavy (non-hydrogen) atoms. The van der Waals surface area contributed by atoms with Gasteiger partial charge in [0.2, 0.25) is 0 Å². The van der Waals surface area contributed by atoms with Crippen molar-refractivity contribution in [3.05, 3.63) is 35.9 Å². The van der Waals surface area contributed by atoms with E-state index in [0.717, 1.165) is 18.1 Å². The van der Waals surface area contributed by atoms with Gasteiger partial charge < -0.3 is 19.3 Å². The molecule has 0 amide bonds. The van der Waals surface area contributed by atoms with Crippen LogP contribution in [0.4, 0.5) is 0 Å². The maximum absolute atomic E-state index is 11.6. The SMILES string of the molecule is CO[C@H]1OC(COS(C)(=O)=O)(COS(C)(=O)=O)[C@H](OCc2ccccc2)C1CO. The van der Waals surface area contributed by atoms with Crippen molar-refractivity contribution in [3.63, 3.8) is 0 Å². The van der Waals surface area contributed by atoms with E-state index in [0.29, 0.717) is 0 Å². The molecular weight excluding hydrogens is 428 g/mol. The lowest BCUT2D eigenvalue weighted by Gasteiger charge is -2.33. The predicted octanol–water partition coefficient (Wildman–Crippen LogP) is -0.126. The number of hydrogen-bond donors (Lipinski definition) is 1. The molecule has 166 valence electrons. The molecule has 1 unspecified atom stereocenters. The van der Waals surface area contributed by atoms with Gasteiger partial charge in [-0.2, -0.15) is 16.8 Å². The molecule has 1 fully saturated rings. The van der Waals surface area contributed by atoms with Crippen LogP contribution in [0, 0.1) is 5.92 Å². The molecule has 1 aromatic rings. The standard InChI is InChI=1S/C17H26O10S2/c1-23-16-14(9-18)15(24-10-13-7-5-4-6-8-13)17(27-16,11-25-28(2,19)20)12-26-29(3,21)22/h4-8,14-16,18H,9-12H2,1-3H3/t14?,15-,16+/m1/s1. The third kappa shape index (κ3) is 6.96. The zero-order valence-corrected chi connectivity index (χ0v) is 18.0. The molecule has 1 N–H and O–H groups in total. The summed E-state index contributed by atoms with van der Waals surface area (Å²) >= 11 is 0. The number of benzene rings is 1. The average molecular weight is 455 g/mol. The van der Waals surface area contributed by atoms with Gasteiger partial charge in [0.1, 0.15) is 24.9 Å². The van der Waals surface area contributed by atoms with Crippen LogP contribution in [0.15, 0.2) is 30.3 Å². The molecule has 1 heterocycles. The maximum atomic E-state index is 11.6. The Balaban J connectivity index is 2.36. The Morgan fingerprint density at radius 1 is 1.03 bits per heavy atom. The summed E-state index contributed by atoms with van der Waals surface area (Å²) in [5, 5.41) is 9.87. The van der Waals surface area contributed by atoms with Crippen molar-refractivity contribution in [2.24, 2.45) is 5.92 Å². The molecule has 10 nitrogen and oxygen atoms in total. The number of aliphatic hydroxyl groups is 1. The van der Waals surface area contributed by atoms with Crippen LogP contribution in [0.2, 0.25) is 0 Å². The Kier molecular flexibility index (Phi) is 8.15. The van der Waals surface area contributed by atoms with Crippen LogP contribution in [0.3, 0.4) is 0 Å². The van der Waals surface area contributed by atoms with Gasteiger partial charge in [-0.05, 0) is 5.56 Å². The lowest BCUT2D eigenvalue weighted by molar-refractivity contribution is -0.194. The van der Waals surface area contributed by atoms with Crippen molar-refractivity contribution < 1.29 is 44.5 Å². The van der Waals surface area contributed by atoms with Crippen LogP contribution >= 0.6 is 0 Å². The lowest BCUT2D eigenvalue weighted by Crippen LogP contribution is -2.52. The van der Waals surface area contributed by atoms with Crippen molar-refractivity contribution in [1.29, 1.82) is 0 Å². The Morgan fingerprint density at radius 3 is 2.03 bits per heavy atom. The molecule has 0 aliphatic carbocycles. The normalized spacial score (nSPS) is 24.6. The zero-order chi connectivity index (χ0) is 21.7. The topological polar surface area (TPSA) is 135 Å². The molecule has 0 radical (unpaired) electrons. The number of rotatable bonds is 11. The molecule has 3 atom stereocenters. The van der Waals surface area contributed by atoms with Gasteiger partial charge in [0, 0.05) is 7.11 Å². The molecule has 2 rings (SSSR count). The quantitative estimate of drug-likeness (QED) is 0.451. The first-order valence-corrected chi connectivity index (χ1v) is 12.3. The van der Waals surface area contributed by atoms with Crippen molar-refractivity contribution >= 4 is 20.2 Å². The van der Waals surface area contributed by atoms with E-state index in [9.17, 15) is 21.9 Å². The number of methoxy groups -OCH3 is 1. The van der Waals surface area contributed by atoms with Crippen LogP contribution in [0.5, 0.6) is 0 Å². The van der Waals surface area contributed by atoms with E-state index in [1.807, 2.05) is 30.3 Å². The summed E-state index contributed by atoms with van der Waals surface area (Å²) in [6, 6.07) is 9.11. The fraction of sp³-hybridized carbons (Fsp3) is 0.647. The van der Waals surface area contributed by atoms with E-state index in [4.69, 9.17) is 22.6 Å².